The molecule has 0 bridgehead atoms. The zero-order valence-corrected chi connectivity index (χ0v) is 10.2. The molecule has 1 aromatic heterocycles. The molecule has 0 aliphatic carbocycles. The van der Waals surface area contributed by atoms with E-state index in [0.29, 0.717) is 18.6 Å². The summed E-state index contributed by atoms with van der Waals surface area (Å²) >= 11 is 1.60. The summed E-state index contributed by atoms with van der Waals surface area (Å²) in [5.41, 5.74) is 2.69. The number of carbonyl (C=O) groups excluding carboxylic acids is 2. The van der Waals surface area contributed by atoms with Crippen LogP contribution in [0.4, 0.5) is 0 Å². The Hall–Kier alpha value is -1.69. The molecule has 2 rings (SSSR count). The summed E-state index contributed by atoms with van der Waals surface area (Å²) in [7, 11) is 0. The van der Waals surface area contributed by atoms with Gasteiger partial charge in [-0.05, 0) is 18.4 Å². The van der Waals surface area contributed by atoms with Crippen molar-refractivity contribution in [2.75, 3.05) is 0 Å². The van der Waals surface area contributed by atoms with Crippen molar-refractivity contribution in [1.82, 2.24) is 10.7 Å². The van der Waals surface area contributed by atoms with E-state index in [1.165, 1.54) is 0 Å². The molecule has 2 heterocycles. The van der Waals surface area contributed by atoms with Crippen molar-refractivity contribution in [3.63, 3.8) is 0 Å². The van der Waals surface area contributed by atoms with E-state index in [9.17, 15) is 9.59 Å². The average molecular weight is 251 g/mol. The lowest BCUT2D eigenvalue weighted by Crippen LogP contribution is -2.37. The lowest BCUT2D eigenvalue weighted by Gasteiger charge is -2.15. The van der Waals surface area contributed by atoms with Crippen LogP contribution in [-0.2, 0) is 9.59 Å². The molecular formula is C11H13N3O2S. The standard InChI is InChI=1S/C11H13N3O2S/c1-7(9-3-2-6-17-9)12-11(16)8-4-5-10(15)14-13-8/h2-3,6-7H,4-5H2,1H3,(H,12,16)(H,14,15). The predicted molar refractivity (Wildman–Crippen MR) is 65.7 cm³/mol. The number of hydrogen-bond donors (Lipinski definition) is 2. The monoisotopic (exact) mass is 251 g/mol. The Morgan fingerprint density at radius 1 is 1.59 bits per heavy atom. The van der Waals surface area contributed by atoms with Crippen LogP contribution < -0.4 is 10.7 Å². The number of nitrogens with zero attached hydrogens (tertiary/aromatic N) is 1. The lowest BCUT2D eigenvalue weighted by molar-refractivity contribution is -0.121. The van der Waals surface area contributed by atoms with Gasteiger partial charge in [0.15, 0.2) is 0 Å². The highest BCUT2D eigenvalue weighted by atomic mass is 32.1. The molecule has 0 aromatic carbocycles. The summed E-state index contributed by atoms with van der Waals surface area (Å²) in [5.74, 6) is -0.362. The number of hydrogen-bond acceptors (Lipinski definition) is 4. The molecule has 90 valence electrons. The van der Waals surface area contributed by atoms with Crippen molar-refractivity contribution in [1.29, 1.82) is 0 Å². The van der Waals surface area contributed by atoms with Gasteiger partial charge >= 0.3 is 0 Å². The Kier molecular flexibility index (Phi) is 3.53. The second-order valence-electron chi connectivity index (χ2n) is 3.80. The van der Waals surface area contributed by atoms with Gasteiger partial charge in [-0.1, -0.05) is 6.07 Å². The molecule has 0 saturated heterocycles. The van der Waals surface area contributed by atoms with Crippen molar-refractivity contribution in [2.45, 2.75) is 25.8 Å². The smallest absolute Gasteiger partial charge is 0.267 e. The lowest BCUT2D eigenvalue weighted by atomic mass is 10.1. The van der Waals surface area contributed by atoms with Crippen LogP contribution in [0.1, 0.15) is 30.7 Å². The number of carbonyl (C=O) groups is 2. The first-order valence-electron chi connectivity index (χ1n) is 5.36. The number of nitrogens with one attached hydrogen (secondary N) is 2. The van der Waals surface area contributed by atoms with Crippen LogP contribution in [0.25, 0.3) is 0 Å². The van der Waals surface area contributed by atoms with Crippen LogP contribution in [0.2, 0.25) is 0 Å². The third kappa shape index (κ3) is 2.91. The van der Waals surface area contributed by atoms with E-state index in [0.717, 1.165) is 4.88 Å². The van der Waals surface area contributed by atoms with Crippen LogP contribution in [-0.4, -0.2) is 17.5 Å². The minimum Gasteiger partial charge on any atom is -0.344 e. The molecule has 5 nitrogen and oxygen atoms in total. The van der Waals surface area contributed by atoms with Gasteiger partial charge in [0.2, 0.25) is 5.91 Å². The summed E-state index contributed by atoms with van der Waals surface area (Å²) in [5, 5.41) is 8.58. The first-order valence-corrected chi connectivity index (χ1v) is 6.24. The van der Waals surface area contributed by atoms with Gasteiger partial charge in [0.05, 0.1) is 6.04 Å². The summed E-state index contributed by atoms with van der Waals surface area (Å²) in [6, 6.07) is 3.88. The van der Waals surface area contributed by atoms with Gasteiger partial charge in [-0.2, -0.15) is 5.10 Å². The minimum atomic E-state index is -0.217. The first kappa shape index (κ1) is 11.8. The van der Waals surface area contributed by atoms with Gasteiger partial charge in [-0.15, -0.1) is 11.3 Å². The van der Waals surface area contributed by atoms with Crippen LogP contribution in [0.5, 0.6) is 0 Å². The summed E-state index contributed by atoms with van der Waals surface area (Å²) in [6.45, 7) is 1.92. The van der Waals surface area contributed by atoms with Crippen LogP contribution in [0.3, 0.4) is 0 Å². The van der Waals surface area contributed by atoms with E-state index in [2.05, 4.69) is 15.8 Å². The van der Waals surface area contributed by atoms with Gasteiger partial charge in [0.1, 0.15) is 5.71 Å². The van der Waals surface area contributed by atoms with Crippen LogP contribution in [0.15, 0.2) is 22.6 Å². The Balaban J connectivity index is 1.95. The molecule has 0 radical (unpaired) electrons. The van der Waals surface area contributed by atoms with Crippen molar-refractivity contribution in [3.8, 4) is 0 Å². The zero-order chi connectivity index (χ0) is 12.3. The third-order valence-electron chi connectivity index (χ3n) is 2.48. The van der Waals surface area contributed by atoms with E-state index in [1.54, 1.807) is 11.3 Å². The minimum absolute atomic E-state index is 0.0390. The summed E-state index contributed by atoms with van der Waals surface area (Å²) in [6.07, 6.45) is 0.717. The van der Waals surface area contributed by atoms with Crippen molar-refractivity contribution >= 4 is 28.9 Å². The van der Waals surface area contributed by atoms with Gasteiger partial charge in [0, 0.05) is 17.7 Å². The fraction of sp³-hybridized carbons (Fsp3) is 0.364. The maximum Gasteiger partial charge on any atom is 0.267 e. The van der Waals surface area contributed by atoms with Gasteiger partial charge in [0.25, 0.3) is 5.91 Å². The molecule has 1 aromatic rings. The third-order valence-corrected chi connectivity index (χ3v) is 3.54. The molecule has 1 aliphatic rings. The normalized spacial score (nSPS) is 17.0. The maximum atomic E-state index is 11.8. The summed E-state index contributed by atoms with van der Waals surface area (Å²) < 4.78 is 0. The van der Waals surface area contributed by atoms with Gasteiger partial charge in [-0.25, -0.2) is 5.43 Å². The molecule has 1 unspecified atom stereocenters. The van der Waals surface area contributed by atoms with Crippen LogP contribution in [0, 0.1) is 0 Å². The highest BCUT2D eigenvalue weighted by Gasteiger charge is 2.20. The van der Waals surface area contributed by atoms with E-state index in [4.69, 9.17) is 0 Å². The quantitative estimate of drug-likeness (QED) is 0.847. The van der Waals surface area contributed by atoms with Crippen LogP contribution >= 0.6 is 11.3 Å². The SMILES string of the molecule is CC(NC(=O)C1=NNC(=O)CC1)c1cccs1. The summed E-state index contributed by atoms with van der Waals surface area (Å²) in [4.78, 5) is 23.8. The number of amides is 2. The number of rotatable bonds is 3. The highest BCUT2D eigenvalue weighted by Crippen LogP contribution is 2.18. The molecule has 6 heteroatoms. The van der Waals surface area contributed by atoms with Crippen molar-refractivity contribution in [2.24, 2.45) is 5.10 Å². The fourth-order valence-corrected chi connectivity index (χ4v) is 2.26. The Morgan fingerprint density at radius 3 is 3.00 bits per heavy atom. The molecule has 1 atom stereocenters. The maximum absolute atomic E-state index is 11.8. The molecule has 0 spiro atoms. The topological polar surface area (TPSA) is 70.6 Å². The Morgan fingerprint density at radius 2 is 2.41 bits per heavy atom. The van der Waals surface area contributed by atoms with E-state index >= 15 is 0 Å². The molecule has 17 heavy (non-hydrogen) atoms. The molecule has 2 N–H and O–H groups in total. The van der Waals surface area contributed by atoms with E-state index < -0.39 is 0 Å². The number of thiophene rings is 1. The first-order chi connectivity index (χ1) is 8.16. The largest absolute Gasteiger partial charge is 0.344 e. The number of hydrazone groups is 1. The second kappa shape index (κ2) is 5.09. The van der Waals surface area contributed by atoms with Gasteiger partial charge in [-0.3, -0.25) is 9.59 Å². The Bertz CT molecular complexity index is 453. The Labute approximate surface area is 103 Å². The van der Waals surface area contributed by atoms with E-state index in [1.807, 2.05) is 24.4 Å². The van der Waals surface area contributed by atoms with Crippen molar-refractivity contribution in [3.05, 3.63) is 22.4 Å². The molecule has 0 saturated carbocycles. The highest BCUT2D eigenvalue weighted by molar-refractivity contribution is 7.10. The molecular weight excluding hydrogens is 238 g/mol. The molecule has 1 aliphatic heterocycles. The van der Waals surface area contributed by atoms with E-state index in [-0.39, 0.29) is 17.9 Å². The second-order valence-corrected chi connectivity index (χ2v) is 4.78. The van der Waals surface area contributed by atoms with Gasteiger partial charge < -0.3 is 5.32 Å². The zero-order valence-electron chi connectivity index (χ0n) is 9.40. The predicted octanol–water partition coefficient (Wildman–Crippen LogP) is 1.19. The fourth-order valence-electron chi connectivity index (χ4n) is 1.53. The molecule has 2 amide bonds. The molecule has 0 fully saturated rings. The van der Waals surface area contributed by atoms with Crippen molar-refractivity contribution < 1.29 is 9.59 Å². The average Bonchev–Trinajstić information content (AvgIpc) is 2.83.